The second-order valence-corrected chi connectivity index (χ2v) is 4.74. The molecule has 1 saturated carbocycles. The summed E-state index contributed by atoms with van der Waals surface area (Å²) in [4.78, 5) is 4.51. The summed E-state index contributed by atoms with van der Waals surface area (Å²) in [5.41, 5.74) is 9.47. The quantitative estimate of drug-likeness (QED) is 0.818. The first kappa shape index (κ1) is 10.6. The highest BCUT2D eigenvalue weighted by Gasteiger charge is 2.26. The minimum atomic E-state index is 0.519. The molecule has 1 aliphatic carbocycles. The molecule has 1 fully saturated rings. The van der Waals surface area contributed by atoms with Crippen molar-refractivity contribution in [1.82, 2.24) is 4.98 Å². The first-order valence-corrected chi connectivity index (χ1v) is 5.85. The molecule has 0 saturated heterocycles. The SMILES string of the molecule is Cc1ccc([C@H](CN)CC2CC2)c(C)n1. The first-order valence-electron chi connectivity index (χ1n) is 5.85. The van der Waals surface area contributed by atoms with Gasteiger partial charge in [-0.15, -0.1) is 0 Å². The van der Waals surface area contributed by atoms with Gasteiger partial charge in [-0.05, 0) is 50.3 Å². The summed E-state index contributed by atoms with van der Waals surface area (Å²) in [6, 6.07) is 4.30. The van der Waals surface area contributed by atoms with Crippen molar-refractivity contribution >= 4 is 0 Å². The number of nitrogens with zero attached hydrogens (tertiary/aromatic N) is 1. The molecular formula is C13H20N2. The number of hydrogen-bond donors (Lipinski definition) is 1. The lowest BCUT2D eigenvalue weighted by Gasteiger charge is -2.17. The molecule has 1 atom stereocenters. The Balaban J connectivity index is 2.16. The van der Waals surface area contributed by atoms with Gasteiger partial charge in [0.2, 0.25) is 0 Å². The minimum Gasteiger partial charge on any atom is -0.330 e. The molecule has 2 N–H and O–H groups in total. The van der Waals surface area contributed by atoms with Crippen LogP contribution in [0.3, 0.4) is 0 Å². The minimum absolute atomic E-state index is 0.519. The van der Waals surface area contributed by atoms with Crippen molar-refractivity contribution in [3.8, 4) is 0 Å². The molecule has 1 aromatic heterocycles. The summed E-state index contributed by atoms with van der Waals surface area (Å²) in [5, 5.41) is 0. The van der Waals surface area contributed by atoms with Crippen LogP contribution in [0.15, 0.2) is 12.1 Å². The van der Waals surface area contributed by atoms with Gasteiger partial charge in [-0.25, -0.2) is 0 Å². The maximum atomic E-state index is 5.86. The van der Waals surface area contributed by atoms with E-state index in [1.54, 1.807) is 0 Å². The molecular weight excluding hydrogens is 184 g/mol. The highest BCUT2D eigenvalue weighted by atomic mass is 14.7. The lowest BCUT2D eigenvalue weighted by atomic mass is 9.92. The average molecular weight is 204 g/mol. The lowest BCUT2D eigenvalue weighted by Crippen LogP contribution is -2.15. The molecule has 0 radical (unpaired) electrons. The second-order valence-electron chi connectivity index (χ2n) is 4.74. The number of nitrogens with two attached hydrogens (primary N) is 1. The Hall–Kier alpha value is -0.890. The van der Waals surface area contributed by atoms with E-state index in [0.29, 0.717) is 5.92 Å². The number of pyridine rings is 1. The second kappa shape index (κ2) is 4.31. The van der Waals surface area contributed by atoms with Crippen LogP contribution in [0.4, 0.5) is 0 Å². The van der Waals surface area contributed by atoms with Gasteiger partial charge in [0.1, 0.15) is 0 Å². The molecule has 0 amide bonds. The topological polar surface area (TPSA) is 38.9 Å². The van der Waals surface area contributed by atoms with Crippen molar-refractivity contribution < 1.29 is 0 Å². The zero-order valence-corrected chi connectivity index (χ0v) is 9.66. The van der Waals surface area contributed by atoms with Crippen molar-refractivity contribution in [2.24, 2.45) is 11.7 Å². The Labute approximate surface area is 91.9 Å². The van der Waals surface area contributed by atoms with Gasteiger partial charge >= 0.3 is 0 Å². The highest BCUT2D eigenvalue weighted by Crippen LogP contribution is 2.38. The monoisotopic (exact) mass is 204 g/mol. The molecule has 1 aromatic rings. The van der Waals surface area contributed by atoms with E-state index in [9.17, 15) is 0 Å². The van der Waals surface area contributed by atoms with Crippen molar-refractivity contribution in [2.45, 2.75) is 39.0 Å². The van der Waals surface area contributed by atoms with Crippen LogP contribution < -0.4 is 5.73 Å². The van der Waals surface area contributed by atoms with Gasteiger partial charge in [-0.1, -0.05) is 18.9 Å². The van der Waals surface area contributed by atoms with Crippen LogP contribution in [-0.4, -0.2) is 11.5 Å². The summed E-state index contributed by atoms with van der Waals surface area (Å²) in [6.07, 6.45) is 4.05. The van der Waals surface area contributed by atoms with Gasteiger partial charge in [0.15, 0.2) is 0 Å². The lowest BCUT2D eigenvalue weighted by molar-refractivity contribution is 0.580. The maximum Gasteiger partial charge on any atom is 0.0411 e. The molecule has 82 valence electrons. The fraction of sp³-hybridized carbons (Fsp3) is 0.615. The van der Waals surface area contributed by atoms with Crippen molar-refractivity contribution in [3.63, 3.8) is 0 Å². The molecule has 0 unspecified atom stereocenters. The fourth-order valence-corrected chi connectivity index (χ4v) is 2.23. The molecule has 0 bridgehead atoms. The third-order valence-corrected chi connectivity index (χ3v) is 3.31. The third kappa shape index (κ3) is 2.57. The Kier molecular flexibility index (Phi) is 3.06. The molecule has 0 aromatic carbocycles. The smallest absolute Gasteiger partial charge is 0.0411 e. The number of aromatic nitrogens is 1. The van der Waals surface area contributed by atoms with E-state index in [1.807, 2.05) is 6.92 Å². The fourth-order valence-electron chi connectivity index (χ4n) is 2.23. The van der Waals surface area contributed by atoms with Crippen LogP contribution in [0.2, 0.25) is 0 Å². The van der Waals surface area contributed by atoms with Crippen LogP contribution in [-0.2, 0) is 0 Å². The van der Waals surface area contributed by atoms with Gasteiger partial charge in [0, 0.05) is 11.4 Å². The largest absolute Gasteiger partial charge is 0.330 e. The molecule has 15 heavy (non-hydrogen) atoms. The Morgan fingerprint density at radius 1 is 1.40 bits per heavy atom. The van der Waals surface area contributed by atoms with E-state index in [2.05, 4.69) is 24.0 Å². The van der Waals surface area contributed by atoms with Gasteiger partial charge in [-0.3, -0.25) is 4.98 Å². The van der Waals surface area contributed by atoms with Crippen molar-refractivity contribution in [2.75, 3.05) is 6.54 Å². The predicted octanol–water partition coefficient (Wildman–Crippen LogP) is 2.54. The predicted molar refractivity (Wildman–Crippen MR) is 62.8 cm³/mol. The summed E-state index contributed by atoms with van der Waals surface area (Å²) < 4.78 is 0. The van der Waals surface area contributed by atoms with Crippen LogP contribution in [0, 0.1) is 19.8 Å². The van der Waals surface area contributed by atoms with Gasteiger partial charge in [-0.2, -0.15) is 0 Å². The van der Waals surface area contributed by atoms with Crippen LogP contribution in [0.5, 0.6) is 0 Å². The number of aryl methyl sites for hydroxylation is 2. The summed E-state index contributed by atoms with van der Waals surface area (Å²) >= 11 is 0. The standard InChI is InChI=1S/C13H20N2/c1-9-3-6-13(10(2)15-9)12(8-14)7-11-4-5-11/h3,6,11-12H,4-5,7-8,14H2,1-2H3/t12-/m0/s1. The molecule has 0 aliphatic heterocycles. The van der Waals surface area contributed by atoms with Gasteiger partial charge < -0.3 is 5.73 Å². The van der Waals surface area contributed by atoms with Crippen LogP contribution in [0.1, 0.15) is 42.1 Å². The number of hydrogen-bond acceptors (Lipinski definition) is 2. The summed E-state index contributed by atoms with van der Waals surface area (Å²) in [5.74, 6) is 1.45. The molecule has 0 spiro atoms. The van der Waals surface area contributed by atoms with Gasteiger partial charge in [0.25, 0.3) is 0 Å². The summed E-state index contributed by atoms with van der Waals surface area (Å²) in [6.45, 7) is 4.88. The zero-order valence-electron chi connectivity index (χ0n) is 9.66. The molecule has 2 heteroatoms. The molecule has 1 aliphatic rings. The summed E-state index contributed by atoms with van der Waals surface area (Å²) in [7, 11) is 0. The van der Waals surface area contributed by atoms with E-state index >= 15 is 0 Å². The third-order valence-electron chi connectivity index (χ3n) is 3.31. The van der Waals surface area contributed by atoms with E-state index < -0.39 is 0 Å². The Morgan fingerprint density at radius 2 is 2.13 bits per heavy atom. The molecule has 2 rings (SSSR count). The Bertz CT molecular complexity index is 342. The maximum absolute atomic E-state index is 5.86. The van der Waals surface area contributed by atoms with Gasteiger partial charge in [0.05, 0.1) is 0 Å². The van der Waals surface area contributed by atoms with Crippen molar-refractivity contribution in [1.29, 1.82) is 0 Å². The Morgan fingerprint density at radius 3 is 2.67 bits per heavy atom. The van der Waals surface area contributed by atoms with E-state index in [0.717, 1.165) is 23.9 Å². The highest BCUT2D eigenvalue weighted by molar-refractivity contribution is 5.26. The average Bonchev–Trinajstić information content (AvgIpc) is 2.99. The normalized spacial score (nSPS) is 17.8. The first-order chi connectivity index (χ1) is 7.20. The van der Waals surface area contributed by atoms with Crippen molar-refractivity contribution in [3.05, 3.63) is 29.1 Å². The van der Waals surface area contributed by atoms with E-state index in [-0.39, 0.29) is 0 Å². The molecule has 1 heterocycles. The van der Waals surface area contributed by atoms with E-state index in [1.165, 1.54) is 24.8 Å². The van der Waals surface area contributed by atoms with E-state index in [4.69, 9.17) is 5.73 Å². The molecule has 2 nitrogen and oxygen atoms in total. The van der Waals surface area contributed by atoms with Crippen LogP contribution >= 0.6 is 0 Å². The number of rotatable bonds is 4. The zero-order chi connectivity index (χ0) is 10.8. The van der Waals surface area contributed by atoms with Crippen LogP contribution in [0.25, 0.3) is 0 Å².